The number of nitrogen functional groups attached to an aromatic ring is 1. The summed E-state index contributed by atoms with van der Waals surface area (Å²) >= 11 is 5.96. The van der Waals surface area contributed by atoms with Gasteiger partial charge in [-0.05, 0) is 12.1 Å². The van der Waals surface area contributed by atoms with E-state index in [1.54, 1.807) is 0 Å². The van der Waals surface area contributed by atoms with Crippen LogP contribution in [0, 0.1) is 0 Å². The number of benzene rings is 1. The number of aromatic nitrogens is 3. The molecule has 0 saturated heterocycles. The number of halogens is 3. The lowest BCUT2D eigenvalue weighted by Crippen LogP contribution is -2.14. The Morgan fingerprint density at radius 2 is 2.14 bits per heavy atom. The monoisotopic (exact) mass is 326 g/mol. The number of nitrogens with zero attached hydrogens (tertiary/aromatic N) is 2. The van der Waals surface area contributed by atoms with Crippen molar-refractivity contribution in [2.45, 2.75) is 12.8 Å². The molecule has 0 aliphatic rings. The van der Waals surface area contributed by atoms with E-state index in [9.17, 15) is 13.6 Å². The molecular formula is C13H9ClF2N4O2. The average molecular weight is 327 g/mol. The zero-order chi connectivity index (χ0) is 16.1. The molecule has 3 N–H and O–H groups in total. The fraction of sp³-hybridized carbons (Fsp3) is 0.154. The minimum Gasteiger partial charge on any atom is -0.407 e. The largest absolute Gasteiger partial charge is 0.417 e. The van der Waals surface area contributed by atoms with Crippen molar-refractivity contribution < 1.29 is 13.2 Å². The van der Waals surface area contributed by atoms with E-state index in [2.05, 4.69) is 15.0 Å². The van der Waals surface area contributed by atoms with Crippen LogP contribution in [0.25, 0.3) is 22.4 Å². The number of aromatic amines is 1. The Bertz CT molecular complexity index is 930. The maximum Gasteiger partial charge on any atom is 0.417 e. The maximum atomic E-state index is 13.3. The first-order chi connectivity index (χ1) is 10.3. The lowest BCUT2D eigenvalue weighted by molar-refractivity contribution is 0.0134. The third-order valence-electron chi connectivity index (χ3n) is 3.02. The van der Waals surface area contributed by atoms with Gasteiger partial charge >= 0.3 is 5.76 Å². The van der Waals surface area contributed by atoms with Gasteiger partial charge < -0.3 is 10.2 Å². The van der Waals surface area contributed by atoms with E-state index in [1.807, 2.05) is 0 Å². The molecule has 3 rings (SSSR count). The van der Waals surface area contributed by atoms with E-state index in [4.69, 9.17) is 21.8 Å². The summed E-state index contributed by atoms with van der Waals surface area (Å²) in [5.41, 5.74) is 5.93. The molecule has 3 aromatic rings. The lowest BCUT2D eigenvalue weighted by atomic mass is 10.1. The van der Waals surface area contributed by atoms with Crippen LogP contribution >= 0.6 is 11.6 Å². The maximum absolute atomic E-state index is 13.3. The van der Waals surface area contributed by atoms with Crippen LogP contribution in [-0.4, -0.2) is 15.0 Å². The molecule has 114 valence electrons. The zero-order valence-electron chi connectivity index (χ0n) is 11.2. The quantitative estimate of drug-likeness (QED) is 0.754. The number of nitrogens with one attached hydrogen (secondary N) is 1. The number of hydrogen-bond donors (Lipinski definition) is 2. The molecule has 0 bridgehead atoms. The van der Waals surface area contributed by atoms with Gasteiger partial charge in [0.15, 0.2) is 17.1 Å². The van der Waals surface area contributed by atoms with Crippen LogP contribution in [0.15, 0.2) is 27.5 Å². The number of oxazole rings is 1. The Morgan fingerprint density at radius 1 is 1.41 bits per heavy atom. The first kappa shape index (κ1) is 14.5. The summed E-state index contributed by atoms with van der Waals surface area (Å²) in [6, 6.07) is 3.06. The average Bonchev–Trinajstić information content (AvgIpc) is 2.80. The molecule has 2 heterocycles. The number of nitrogens with two attached hydrogens (primary N) is 1. The number of hydrogen-bond acceptors (Lipinski definition) is 5. The molecule has 1 aromatic carbocycles. The topological polar surface area (TPSA) is 97.8 Å². The van der Waals surface area contributed by atoms with Crippen molar-refractivity contribution in [2.24, 2.45) is 0 Å². The van der Waals surface area contributed by atoms with E-state index < -0.39 is 23.2 Å². The van der Waals surface area contributed by atoms with Crippen molar-refractivity contribution in [3.63, 3.8) is 0 Å². The van der Waals surface area contributed by atoms with Gasteiger partial charge in [-0.3, -0.25) is 4.98 Å². The van der Waals surface area contributed by atoms with Crippen LogP contribution in [0.3, 0.4) is 0 Å². The van der Waals surface area contributed by atoms with Gasteiger partial charge in [-0.1, -0.05) is 11.6 Å². The van der Waals surface area contributed by atoms with Crippen molar-refractivity contribution in [3.8, 4) is 11.3 Å². The Balaban J connectivity index is 2.23. The highest BCUT2D eigenvalue weighted by Gasteiger charge is 2.30. The van der Waals surface area contributed by atoms with Gasteiger partial charge in [-0.25, -0.2) is 14.8 Å². The van der Waals surface area contributed by atoms with Gasteiger partial charge in [0.1, 0.15) is 5.52 Å². The predicted molar refractivity (Wildman–Crippen MR) is 76.9 cm³/mol. The van der Waals surface area contributed by atoms with Gasteiger partial charge in [0.05, 0.1) is 16.9 Å². The smallest absolute Gasteiger partial charge is 0.407 e. The van der Waals surface area contributed by atoms with Gasteiger partial charge in [0, 0.05) is 12.5 Å². The number of fused-ring (bicyclic) bond motifs is 1. The Kier molecular flexibility index (Phi) is 3.13. The summed E-state index contributed by atoms with van der Waals surface area (Å²) in [5.74, 6) is -4.29. The Morgan fingerprint density at radius 3 is 2.77 bits per heavy atom. The molecule has 0 radical (unpaired) electrons. The second-order valence-corrected chi connectivity index (χ2v) is 5.10. The van der Waals surface area contributed by atoms with Gasteiger partial charge in [-0.2, -0.15) is 8.78 Å². The van der Waals surface area contributed by atoms with Crippen LogP contribution in [0.4, 0.5) is 14.6 Å². The summed E-state index contributed by atoms with van der Waals surface area (Å²) in [6.07, 6.45) is 1.14. The summed E-state index contributed by atoms with van der Waals surface area (Å²) in [7, 11) is 0. The number of alkyl halides is 2. The number of rotatable bonds is 2. The molecule has 0 atom stereocenters. The lowest BCUT2D eigenvalue weighted by Gasteiger charge is -2.12. The predicted octanol–water partition coefficient (Wildman–Crippen LogP) is 2.93. The van der Waals surface area contributed by atoms with Crippen molar-refractivity contribution in [1.29, 1.82) is 0 Å². The standard InChI is InChI=1S/C13H9ClF2N4O2/c1-13(15,16)10-11(17)19-7(4-18-10)5-2-3-6(14)8-9(5)22-12(21)20-8/h2-4H,1H3,(H2,17,19)(H,20,21). The van der Waals surface area contributed by atoms with Gasteiger partial charge in [-0.15, -0.1) is 0 Å². The third kappa shape index (κ3) is 2.31. The SMILES string of the molecule is CC(F)(F)c1ncc(-c2ccc(Cl)c3[nH]c(=O)oc23)nc1N. The number of anilines is 1. The Hall–Kier alpha value is -2.48. The van der Waals surface area contributed by atoms with E-state index in [-0.39, 0.29) is 21.8 Å². The van der Waals surface area contributed by atoms with Crippen molar-refractivity contribution in [3.05, 3.63) is 39.6 Å². The molecule has 0 aliphatic heterocycles. The van der Waals surface area contributed by atoms with Gasteiger partial charge in [0.2, 0.25) is 0 Å². The molecule has 0 fully saturated rings. The van der Waals surface area contributed by atoms with Gasteiger partial charge in [0.25, 0.3) is 5.92 Å². The first-order valence-electron chi connectivity index (χ1n) is 6.10. The van der Waals surface area contributed by atoms with E-state index >= 15 is 0 Å². The van der Waals surface area contributed by atoms with Crippen LogP contribution in [-0.2, 0) is 5.92 Å². The van der Waals surface area contributed by atoms with Crippen LogP contribution in [0.2, 0.25) is 5.02 Å². The first-order valence-corrected chi connectivity index (χ1v) is 6.47. The summed E-state index contributed by atoms with van der Waals surface area (Å²) < 4.78 is 31.6. The van der Waals surface area contributed by atoms with Crippen molar-refractivity contribution in [2.75, 3.05) is 5.73 Å². The molecule has 6 nitrogen and oxygen atoms in total. The summed E-state index contributed by atoms with van der Waals surface area (Å²) in [4.78, 5) is 21.3. The minimum atomic E-state index is -3.20. The molecule has 0 spiro atoms. The highest BCUT2D eigenvalue weighted by Crippen LogP contribution is 2.33. The van der Waals surface area contributed by atoms with Crippen LogP contribution in [0.1, 0.15) is 12.6 Å². The van der Waals surface area contributed by atoms with E-state index in [0.29, 0.717) is 12.5 Å². The molecule has 0 amide bonds. The van der Waals surface area contributed by atoms with E-state index in [1.165, 1.54) is 12.1 Å². The Labute approximate surface area is 126 Å². The fourth-order valence-corrected chi connectivity index (χ4v) is 2.27. The molecule has 22 heavy (non-hydrogen) atoms. The molecular weight excluding hydrogens is 318 g/mol. The molecule has 0 unspecified atom stereocenters. The zero-order valence-corrected chi connectivity index (χ0v) is 11.9. The van der Waals surface area contributed by atoms with Crippen LogP contribution in [0.5, 0.6) is 0 Å². The molecule has 2 aromatic heterocycles. The van der Waals surface area contributed by atoms with Crippen LogP contribution < -0.4 is 11.5 Å². The second kappa shape index (κ2) is 4.77. The highest BCUT2D eigenvalue weighted by molar-refractivity contribution is 6.35. The van der Waals surface area contributed by atoms with Crippen molar-refractivity contribution >= 4 is 28.5 Å². The molecule has 0 aliphatic carbocycles. The molecule has 0 saturated carbocycles. The fourth-order valence-electron chi connectivity index (χ4n) is 2.07. The highest BCUT2D eigenvalue weighted by atomic mass is 35.5. The molecule has 9 heteroatoms. The third-order valence-corrected chi connectivity index (χ3v) is 3.33. The van der Waals surface area contributed by atoms with E-state index in [0.717, 1.165) is 6.20 Å². The summed E-state index contributed by atoms with van der Waals surface area (Å²) in [6.45, 7) is 0.679. The normalized spacial score (nSPS) is 12.0. The number of H-pyrrole nitrogens is 1. The minimum absolute atomic E-state index is 0.155. The second-order valence-electron chi connectivity index (χ2n) is 4.69. The summed E-state index contributed by atoms with van der Waals surface area (Å²) in [5, 5.41) is 0.280. The van der Waals surface area contributed by atoms with Crippen molar-refractivity contribution in [1.82, 2.24) is 15.0 Å².